The van der Waals surface area contributed by atoms with Crippen molar-refractivity contribution in [3.63, 3.8) is 0 Å². The van der Waals surface area contributed by atoms with Crippen molar-refractivity contribution in [3.8, 4) is 22.6 Å². The van der Waals surface area contributed by atoms with Gasteiger partial charge in [-0.15, -0.1) is 0 Å². The molecule has 0 saturated carbocycles. The van der Waals surface area contributed by atoms with Crippen LogP contribution in [0.1, 0.15) is 24.0 Å². The monoisotopic (exact) mass is 755 g/mol. The van der Waals surface area contributed by atoms with Gasteiger partial charge in [0.05, 0.1) is 6.20 Å². The Balaban J connectivity index is 1.30. The molecule has 0 bridgehead atoms. The second-order valence-corrected chi connectivity index (χ2v) is 18.2. The molecule has 2 aliphatic rings. The zero-order valence-electron chi connectivity index (χ0n) is 29.0. The van der Waals surface area contributed by atoms with Crippen molar-refractivity contribution in [1.29, 1.82) is 0 Å². The molecular formula is C34H47BrN9O4P. The average molecular weight is 757 g/mol. The summed E-state index contributed by atoms with van der Waals surface area (Å²) in [6.07, 6.45) is 7.97. The van der Waals surface area contributed by atoms with E-state index in [-0.39, 0.29) is 0 Å². The Morgan fingerprint density at radius 3 is 2.39 bits per heavy atom. The number of methoxy groups -OCH3 is 1. The van der Waals surface area contributed by atoms with Crippen LogP contribution < -0.4 is 30.1 Å². The van der Waals surface area contributed by atoms with Crippen molar-refractivity contribution in [3.05, 3.63) is 58.5 Å². The number of nitrogens with zero attached hydrogens (tertiary/aromatic N) is 6. The van der Waals surface area contributed by atoms with Crippen molar-refractivity contribution < 1.29 is 19.0 Å². The Labute approximate surface area is 296 Å². The fourth-order valence-electron chi connectivity index (χ4n) is 6.42. The van der Waals surface area contributed by atoms with E-state index in [1.165, 1.54) is 26.2 Å². The van der Waals surface area contributed by atoms with E-state index in [1.807, 2.05) is 50.1 Å². The molecule has 4 heterocycles. The van der Waals surface area contributed by atoms with Gasteiger partial charge in [0.1, 0.15) is 0 Å². The van der Waals surface area contributed by atoms with Crippen molar-refractivity contribution >= 4 is 52.0 Å². The number of anilines is 5. The van der Waals surface area contributed by atoms with Crippen LogP contribution in [-0.4, -0.2) is 100 Å². The second kappa shape index (κ2) is 14.0. The molecule has 15 heteroatoms. The van der Waals surface area contributed by atoms with Gasteiger partial charge in [0, 0.05) is 45.5 Å². The summed E-state index contributed by atoms with van der Waals surface area (Å²) in [7, 11) is -0.761. The van der Waals surface area contributed by atoms with Gasteiger partial charge >= 0.3 is 195 Å². The molecule has 6 rings (SSSR count). The zero-order valence-corrected chi connectivity index (χ0v) is 31.5. The van der Waals surface area contributed by atoms with E-state index in [1.54, 1.807) is 13.3 Å². The van der Waals surface area contributed by atoms with Crippen LogP contribution in [0.3, 0.4) is 0 Å². The molecule has 0 radical (unpaired) electrons. The summed E-state index contributed by atoms with van der Waals surface area (Å²) in [4.78, 5) is 35.6. The van der Waals surface area contributed by atoms with E-state index in [2.05, 4.69) is 63.9 Å². The molecule has 5 N–H and O–H groups in total. The van der Waals surface area contributed by atoms with Crippen LogP contribution in [0.15, 0.2) is 47.3 Å². The van der Waals surface area contributed by atoms with Crippen LogP contribution in [0.2, 0.25) is 0 Å². The van der Waals surface area contributed by atoms with Gasteiger partial charge in [0.15, 0.2) is 0 Å². The Bertz CT molecular complexity index is 1810. The summed E-state index contributed by atoms with van der Waals surface area (Å²) in [5.41, 5.74) is 6.11. The number of halogens is 1. The van der Waals surface area contributed by atoms with Crippen molar-refractivity contribution in [2.45, 2.75) is 32.7 Å². The minimum absolute atomic E-state index is 0.339. The van der Waals surface area contributed by atoms with Crippen LogP contribution in [-0.2, 0) is 7.05 Å². The predicted octanol–water partition coefficient (Wildman–Crippen LogP) is 5.55. The molecule has 2 fully saturated rings. The van der Waals surface area contributed by atoms with Crippen LogP contribution in [0.5, 0.6) is 11.5 Å². The van der Waals surface area contributed by atoms with Crippen LogP contribution in [0.25, 0.3) is 11.1 Å². The number of hydrogen-bond donors (Lipinski definition) is 5. The molecular weight excluding hydrogens is 709 g/mol. The third-order valence-electron chi connectivity index (χ3n) is 9.09. The number of benzene rings is 2. The number of piperazine rings is 1. The van der Waals surface area contributed by atoms with Crippen LogP contribution >= 0.6 is 23.2 Å². The molecule has 2 aliphatic heterocycles. The van der Waals surface area contributed by atoms with Gasteiger partial charge in [-0.05, 0) is 25.9 Å². The Morgan fingerprint density at radius 2 is 1.73 bits per heavy atom. The number of ether oxygens (including phenoxy) is 1. The number of nitrogens with one attached hydrogen (secondary N) is 3. The fourth-order valence-corrected chi connectivity index (χ4v) is 7.48. The van der Waals surface area contributed by atoms with E-state index >= 15 is 0 Å². The van der Waals surface area contributed by atoms with E-state index in [0.29, 0.717) is 45.2 Å². The predicted molar refractivity (Wildman–Crippen MR) is 201 cm³/mol. The van der Waals surface area contributed by atoms with E-state index < -0.39 is 7.28 Å². The molecule has 0 aliphatic carbocycles. The van der Waals surface area contributed by atoms with Crippen molar-refractivity contribution in [1.82, 2.24) is 30.0 Å². The van der Waals surface area contributed by atoms with Gasteiger partial charge in [-0.3, -0.25) is 9.58 Å². The van der Waals surface area contributed by atoms with Gasteiger partial charge in [0.2, 0.25) is 0 Å². The summed E-state index contributed by atoms with van der Waals surface area (Å²) < 4.78 is 14.2. The standard InChI is InChI=1S/C34H47BrN9O4P/c1-22-7-8-28(32(23(22)2)48-49(5,6,45)46)39-33-27(35)20-37-34(41-33)40-29-17-26(24-19-38-42(3)21-24)30(18-31(29)47-4)44-15-13-43(14-16-44)25-9-11-36-12-10-25/h7-8,17-21,25,36,45-46H,9-16H2,1-6H3,(H2,37,39,40,41). The van der Waals surface area contributed by atoms with Gasteiger partial charge in [0.25, 0.3) is 0 Å². The Hall–Kier alpha value is -3.52. The van der Waals surface area contributed by atoms with E-state index in [9.17, 15) is 9.79 Å². The summed E-state index contributed by atoms with van der Waals surface area (Å²) >= 11 is 3.57. The Morgan fingerprint density at radius 1 is 1.00 bits per heavy atom. The summed E-state index contributed by atoms with van der Waals surface area (Å²) in [5.74, 6) is 1.81. The maximum atomic E-state index is 10.6. The maximum absolute atomic E-state index is 10.6. The first-order valence-electron chi connectivity index (χ1n) is 16.5. The minimum atomic E-state index is -4.35. The molecule has 13 nitrogen and oxygen atoms in total. The SMILES string of the molecule is COc1cc(N2CCN(C3CCNCC3)CC2)c(-c2cnn(C)c2)cc1Nc1ncc(Br)c(Nc2ccc(C)c(C)c2OP(C)(C)(O)O)n1. The Kier molecular flexibility index (Phi) is 10.1. The normalized spacial score (nSPS) is 17.0. The summed E-state index contributed by atoms with van der Waals surface area (Å²) in [6.45, 7) is 12.5. The quantitative estimate of drug-likeness (QED) is 0.130. The second-order valence-electron chi connectivity index (χ2n) is 13.5. The van der Waals surface area contributed by atoms with Gasteiger partial charge in [-0.25, -0.2) is 0 Å². The molecule has 0 spiro atoms. The van der Waals surface area contributed by atoms with Crippen LogP contribution in [0.4, 0.5) is 28.8 Å². The first-order valence-corrected chi connectivity index (χ1v) is 20.3. The number of rotatable bonds is 10. The molecule has 2 saturated heterocycles. The molecule has 4 aromatic rings. The number of piperidine rings is 1. The topological polar surface area (TPSA) is 145 Å². The third-order valence-corrected chi connectivity index (χ3v) is 10.4. The molecule has 2 aromatic carbocycles. The first-order chi connectivity index (χ1) is 23.2. The summed E-state index contributed by atoms with van der Waals surface area (Å²) in [5, 5.41) is 14.6. The molecule has 2 aromatic heterocycles. The van der Waals surface area contributed by atoms with Crippen molar-refractivity contribution in [2.24, 2.45) is 7.05 Å². The van der Waals surface area contributed by atoms with Gasteiger partial charge in [-0.2, -0.15) is 5.10 Å². The first kappa shape index (κ1) is 35.3. The molecule has 49 heavy (non-hydrogen) atoms. The molecule has 0 unspecified atom stereocenters. The summed E-state index contributed by atoms with van der Waals surface area (Å²) in [6, 6.07) is 8.58. The molecule has 0 atom stereocenters. The number of aryl methyl sites for hydroxylation is 2. The number of hydrogen-bond acceptors (Lipinski definition) is 12. The van der Waals surface area contributed by atoms with Crippen molar-refractivity contribution in [2.75, 3.05) is 75.2 Å². The fraction of sp³-hybridized carbons (Fsp3) is 0.441. The third kappa shape index (κ3) is 8.45. The number of aromatic nitrogens is 4. The average Bonchev–Trinajstić information content (AvgIpc) is 3.51. The van der Waals surface area contributed by atoms with Gasteiger partial charge in [-0.1, -0.05) is 0 Å². The molecule has 0 amide bonds. The van der Waals surface area contributed by atoms with E-state index in [0.717, 1.165) is 67.2 Å². The van der Waals surface area contributed by atoms with E-state index in [4.69, 9.17) is 14.2 Å². The zero-order chi connectivity index (χ0) is 34.9. The van der Waals surface area contributed by atoms with Crippen LogP contribution in [0, 0.1) is 13.8 Å². The molecule has 264 valence electrons. The van der Waals surface area contributed by atoms with Gasteiger partial charge < -0.3 is 10.2 Å².